The first-order valence-electron chi connectivity index (χ1n) is 5.00. The Hall–Kier alpha value is -0.570. The van der Waals surface area contributed by atoms with Crippen LogP contribution in [-0.4, -0.2) is 23.8 Å². The smallest absolute Gasteiger partial charge is 0.334 e. The summed E-state index contributed by atoms with van der Waals surface area (Å²) in [5, 5.41) is 9.41. The first kappa shape index (κ1) is 12.4. The van der Waals surface area contributed by atoms with Crippen LogP contribution in [-0.2, 0) is 9.53 Å². The standard InChI is InChI=1S/C10H20O3/c1-4-8(5-2)7-9(11)10(12)13-6-3/h8-9,11H,4-7H2,1-3H3. The number of aliphatic hydroxyl groups is 1. The van der Waals surface area contributed by atoms with Crippen molar-refractivity contribution in [2.75, 3.05) is 6.61 Å². The molecule has 1 N–H and O–H groups in total. The topological polar surface area (TPSA) is 46.5 Å². The molecule has 0 aromatic rings. The molecule has 0 aliphatic rings. The summed E-state index contributed by atoms with van der Waals surface area (Å²) in [5.41, 5.74) is 0. The number of rotatable bonds is 6. The molecular weight excluding hydrogens is 168 g/mol. The summed E-state index contributed by atoms with van der Waals surface area (Å²) >= 11 is 0. The van der Waals surface area contributed by atoms with E-state index in [0.717, 1.165) is 12.8 Å². The summed E-state index contributed by atoms with van der Waals surface area (Å²) in [6.45, 7) is 6.19. The molecule has 3 heteroatoms. The van der Waals surface area contributed by atoms with E-state index in [-0.39, 0.29) is 0 Å². The van der Waals surface area contributed by atoms with Gasteiger partial charge in [-0.1, -0.05) is 26.7 Å². The molecule has 0 aromatic carbocycles. The number of ether oxygens (including phenoxy) is 1. The Labute approximate surface area is 80.1 Å². The number of carbonyl (C=O) groups is 1. The lowest BCUT2D eigenvalue weighted by molar-refractivity contribution is -0.153. The third kappa shape index (κ3) is 4.88. The van der Waals surface area contributed by atoms with E-state index < -0.39 is 12.1 Å². The number of aliphatic hydroxyl groups excluding tert-OH is 1. The molecule has 0 radical (unpaired) electrons. The summed E-state index contributed by atoms with van der Waals surface area (Å²) in [5.74, 6) is -0.0752. The Balaban J connectivity index is 3.82. The first-order valence-corrected chi connectivity index (χ1v) is 5.00. The minimum atomic E-state index is -0.940. The molecular formula is C10H20O3. The molecule has 0 saturated heterocycles. The normalized spacial score (nSPS) is 13.0. The minimum absolute atomic E-state index is 0.332. The number of esters is 1. The van der Waals surface area contributed by atoms with E-state index in [4.69, 9.17) is 4.74 Å². The van der Waals surface area contributed by atoms with Crippen molar-refractivity contribution in [1.82, 2.24) is 0 Å². The monoisotopic (exact) mass is 188 g/mol. The number of hydrogen-bond acceptors (Lipinski definition) is 3. The molecule has 0 heterocycles. The molecule has 13 heavy (non-hydrogen) atoms. The Morgan fingerprint density at radius 2 is 1.85 bits per heavy atom. The Bertz CT molecular complexity index is 141. The molecule has 0 saturated carbocycles. The van der Waals surface area contributed by atoms with E-state index in [1.165, 1.54) is 0 Å². The molecule has 0 aromatic heterocycles. The highest BCUT2D eigenvalue weighted by atomic mass is 16.5. The predicted octanol–water partition coefficient (Wildman–Crippen LogP) is 1.74. The van der Waals surface area contributed by atoms with E-state index >= 15 is 0 Å². The zero-order valence-corrected chi connectivity index (χ0v) is 8.75. The fraction of sp³-hybridized carbons (Fsp3) is 0.900. The van der Waals surface area contributed by atoms with E-state index in [9.17, 15) is 9.90 Å². The van der Waals surface area contributed by atoms with E-state index in [2.05, 4.69) is 13.8 Å². The molecule has 0 aliphatic carbocycles. The van der Waals surface area contributed by atoms with Gasteiger partial charge in [0.1, 0.15) is 0 Å². The molecule has 0 amide bonds. The van der Waals surface area contributed by atoms with Crippen molar-refractivity contribution in [2.24, 2.45) is 5.92 Å². The maximum atomic E-state index is 11.0. The molecule has 0 bridgehead atoms. The number of carbonyl (C=O) groups excluding carboxylic acids is 1. The predicted molar refractivity (Wildman–Crippen MR) is 51.3 cm³/mol. The Kier molecular flexibility index (Phi) is 6.59. The second-order valence-electron chi connectivity index (χ2n) is 3.19. The van der Waals surface area contributed by atoms with E-state index in [1.54, 1.807) is 6.92 Å². The van der Waals surface area contributed by atoms with Crippen molar-refractivity contribution in [2.45, 2.75) is 46.1 Å². The fourth-order valence-corrected chi connectivity index (χ4v) is 1.27. The van der Waals surface area contributed by atoms with Crippen molar-refractivity contribution in [1.29, 1.82) is 0 Å². The van der Waals surface area contributed by atoms with Crippen molar-refractivity contribution < 1.29 is 14.6 Å². The van der Waals surface area contributed by atoms with Crippen LogP contribution in [0.5, 0.6) is 0 Å². The van der Waals surface area contributed by atoms with E-state index in [1.807, 2.05) is 0 Å². The second kappa shape index (κ2) is 6.89. The highest BCUT2D eigenvalue weighted by Gasteiger charge is 2.19. The van der Waals surface area contributed by atoms with Gasteiger partial charge in [0.25, 0.3) is 0 Å². The van der Waals surface area contributed by atoms with Crippen LogP contribution >= 0.6 is 0 Å². The van der Waals surface area contributed by atoms with Crippen LogP contribution in [0.4, 0.5) is 0 Å². The van der Waals surface area contributed by atoms with Gasteiger partial charge >= 0.3 is 5.97 Å². The van der Waals surface area contributed by atoms with Gasteiger partial charge in [-0.05, 0) is 19.3 Å². The van der Waals surface area contributed by atoms with Gasteiger partial charge in [-0.15, -0.1) is 0 Å². The van der Waals surface area contributed by atoms with Crippen LogP contribution in [0.25, 0.3) is 0 Å². The van der Waals surface area contributed by atoms with Gasteiger partial charge in [0.15, 0.2) is 6.10 Å². The van der Waals surface area contributed by atoms with E-state index in [0.29, 0.717) is 18.9 Å². The van der Waals surface area contributed by atoms with Gasteiger partial charge in [0.05, 0.1) is 6.61 Å². The van der Waals surface area contributed by atoms with Crippen LogP contribution in [0.2, 0.25) is 0 Å². The van der Waals surface area contributed by atoms with Gasteiger partial charge < -0.3 is 9.84 Å². The molecule has 1 unspecified atom stereocenters. The van der Waals surface area contributed by atoms with Gasteiger partial charge in [-0.2, -0.15) is 0 Å². The zero-order valence-electron chi connectivity index (χ0n) is 8.75. The molecule has 0 rings (SSSR count). The summed E-state index contributed by atoms with van der Waals surface area (Å²) in [7, 11) is 0. The minimum Gasteiger partial charge on any atom is -0.464 e. The van der Waals surface area contributed by atoms with Crippen LogP contribution in [0.1, 0.15) is 40.0 Å². The highest BCUT2D eigenvalue weighted by molar-refractivity contribution is 5.74. The molecule has 0 aliphatic heterocycles. The van der Waals surface area contributed by atoms with Gasteiger partial charge in [-0.3, -0.25) is 0 Å². The highest BCUT2D eigenvalue weighted by Crippen LogP contribution is 2.15. The van der Waals surface area contributed by atoms with Crippen LogP contribution < -0.4 is 0 Å². The largest absolute Gasteiger partial charge is 0.464 e. The third-order valence-electron chi connectivity index (χ3n) is 2.27. The van der Waals surface area contributed by atoms with Gasteiger partial charge in [-0.25, -0.2) is 4.79 Å². The average Bonchev–Trinajstić information content (AvgIpc) is 2.14. The van der Waals surface area contributed by atoms with Crippen molar-refractivity contribution >= 4 is 5.97 Å². The maximum Gasteiger partial charge on any atom is 0.334 e. The molecule has 78 valence electrons. The summed E-state index contributed by atoms with van der Waals surface area (Å²) in [6, 6.07) is 0. The van der Waals surface area contributed by atoms with Gasteiger partial charge in [0, 0.05) is 0 Å². The van der Waals surface area contributed by atoms with Crippen LogP contribution in [0, 0.1) is 5.92 Å². The van der Waals surface area contributed by atoms with Crippen molar-refractivity contribution in [3.05, 3.63) is 0 Å². The molecule has 0 spiro atoms. The molecule has 3 nitrogen and oxygen atoms in total. The number of hydrogen-bond donors (Lipinski definition) is 1. The van der Waals surface area contributed by atoms with Crippen molar-refractivity contribution in [3.8, 4) is 0 Å². The summed E-state index contributed by atoms with van der Waals surface area (Å²) in [6.07, 6.45) is 1.57. The lowest BCUT2D eigenvalue weighted by Crippen LogP contribution is -2.25. The summed E-state index contributed by atoms with van der Waals surface area (Å²) < 4.78 is 4.70. The Morgan fingerprint density at radius 3 is 2.23 bits per heavy atom. The first-order chi connectivity index (χ1) is 6.15. The van der Waals surface area contributed by atoms with Crippen molar-refractivity contribution in [3.63, 3.8) is 0 Å². The fourth-order valence-electron chi connectivity index (χ4n) is 1.27. The third-order valence-corrected chi connectivity index (χ3v) is 2.27. The zero-order chi connectivity index (χ0) is 10.3. The quantitative estimate of drug-likeness (QED) is 0.646. The SMILES string of the molecule is CCOC(=O)C(O)CC(CC)CC. The maximum absolute atomic E-state index is 11.0. The van der Waals surface area contributed by atoms with Crippen LogP contribution in [0.3, 0.4) is 0 Å². The molecule has 1 atom stereocenters. The summed E-state index contributed by atoms with van der Waals surface area (Å²) in [4.78, 5) is 11.0. The van der Waals surface area contributed by atoms with Gasteiger partial charge in [0.2, 0.25) is 0 Å². The van der Waals surface area contributed by atoms with Crippen LogP contribution in [0.15, 0.2) is 0 Å². The Morgan fingerprint density at radius 1 is 1.31 bits per heavy atom. The second-order valence-corrected chi connectivity index (χ2v) is 3.19. The lowest BCUT2D eigenvalue weighted by atomic mass is 9.96. The average molecular weight is 188 g/mol. The lowest BCUT2D eigenvalue weighted by Gasteiger charge is -2.15. The molecule has 0 fully saturated rings.